The summed E-state index contributed by atoms with van der Waals surface area (Å²) in [5.41, 5.74) is 2.05. The number of carbonyl (C=O) groups is 1. The molecule has 0 amide bonds. The molecule has 116 valence electrons. The van der Waals surface area contributed by atoms with Gasteiger partial charge in [-0.2, -0.15) is 0 Å². The zero-order valence-electron chi connectivity index (χ0n) is 13.6. The first kappa shape index (κ1) is 16.0. The Bertz CT molecular complexity index is 492. The third kappa shape index (κ3) is 3.29. The second-order valence-electron chi connectivity index (χ2n) is 6.97. The molecule has 1 saturated heterocycles. The molecule has 1 aromatic rings. The fraction of sp³-hybridized carbons (Fsp3) is 0.611. The van der Waals surface area contributed by atoms with Gasteiger partial charge in [-0.05, 0) is 35.9 Å². The molecule has 1 aromatic carbocycles. The van der Waals surface area contributed by atoms with Crippen LogP contribution in [0.4, 0.5) is 0 Å². The highest BCUT2D eigenvalue weighted by Gasteiger charge is 2.46. The number of carboxylic acid groups (broad SMARTS) is 1. The van der Waals surface area contributed by atoms with Crippen LogP contribution in [0, 0.1) is 11.3 Å². The van der Waals surface area contributed by atoms with Gasteiger partial charge in [0.15, 0.2) is 0 Å². The highest BCUT2D eigenvalue weighted by atomic mass is 16.4. The lowest BCUT2D eigenvalue weighted by molar-refractivity contribution is -0.151. The van der Waals surface area contributed by atoms with Crippen LogP contribution < -0.4 is 0 Å². The fourth-order valence-corrected chi connectivity index (χ4v) is 3.21. The third-order valence-corrected chi connectivity index (χ3v) is 4.96. The van der Waals surface area contributed by atoms with Crippen molar-refractivity contribution in [3.63, 3.8) is 0 Å². The third-order valence-electron chi connectivity index (χ3n) is 4.96. The van der Waals surface area contributed by atoms with Crippen molar-refractivity contribution in [3.05, 3.63) is 35.4 Å². The Balaban J connectivity index is 2.03. The minimum absolute atomic E-state index is 0.170. The maximum Gasteiger partial charge on any atom is 0.311 e. The van der Waals surface area contributed by atoms with Gasteiger partial charge in [0.1, 0.15) is 0 Å². The van der Waals surface area contributed by atoms with E-state index in [4.69, 9.17) is 0 Å². The van der Waals surface area contributed by atoms with Crippen LogP contribution >= 0.6 is 0 Å². The first-order valence-corrected chi connectivity index (χ1v) is 7.90. The summed E-state index contributed by atoms with van der Waals surface area (Å²) in [6.45, 7) is 10.8. The second-order valence-corrected chi connectivity index (χ2v) is 6.97. The first-order valence-electron chi connectivity index (χ1n) is 7.90. The quantitative estimate of drug-likeness (QED) is 0.897. The smallest absolute Gasteiger partial charge is 0.311 e. The Morgan fingerprint density at radius 3 is 2.29 bits per heavy atom. The Morgan fingerprint density at radius 1 is 1.24 bits per heavy atom. The van der Waals surface area contributed by atoms with Crippen molar-refractivity contribution in [1.82, 2.24) is 4.90 Å². The molecule has 1 N–H and O–H groups in total. The van der Waals surface area contributed by atoms with Gasteiger partial charge in [0, 0.05) is 13.1 Å². The van der Waals surface area contributed by atoms with E-state index in [0.717, 1.165) is 19.5 Å². The number of aliphatic carboxylic acids is 1. The molecule has 21 heavy (non-hydrogen) atoms. The molecule has 1 fully saturated rings. The Kier molecular flexibility index (Phi) is 4.72. The van der Waals surface area contributed by atoms with Crippen LogP contribution in [0.25, 0.3) is 0 Å². The number of hydrogen-bond donors (Lipinski definition) is 1. The molecule has 1 heterocycles. The van der Waals surface area contributed by atoms with Crippen molar-refractivity contribution in [2.24, 2.45) is 11.3 Å². The van der Waals surface area contributed by atoms with Gasteiger partial charge in [-0.1, -0.05) is 52.0 Å². The molecule has 1 unspecified atom stereocenters. The predicted molar refractivity (Wildman–Crippen MR) is 85.3 cm³/mol. The van der Waals surface area contributed by atoms with Crippen molar-refractivity contribution < 1.29 is 9.90 Å². The van der Waals surface area contributed by atoms with Gasteiger partial charge in [0.05, 0.1) is 5.41 Å². The normalized spacial score (nSPS) is 23.1. The Hall–Kier alpha value is -1.35. The number of benzene rings is 1. The summed E-state index contributed by atoms with van der Waals surface area (Å²) in [6, 6.07) is 8.71. The molecule has 2 rings (SSSR count). The fourth-order valence-electron chi connectivity index (χ4n) is 3.21. The van der Waals surface area contributed by atoms with Crippen molar-refractivity contribution in [2.45, 2.75) is 46.6 Å². The van der Waals surface area contributed by atoms with E-state index >= 15 is 0 Å². The Morgan fingerprint density at radius 2 is 1.86 bits per heavy atom. The Labute approximate surface area is 128 Å². The highest BCUT2D eigenvalue weighted by Crippen LogP contribution is 2.38. The van der Waals surface area contributed by atoms with E-state index in [1.165, 1.54) is 11.1 Å². The summed E-state index contributed by atoms with van der Waals surface area (Å²) in [6.07, 6.45) is 0.754. The van der Waals surface area contributed by atoms with E-state index in [-0.39, 0.29) is 5.92 Å². The predicted octanol–water partition coefficient (Wildman–Crippen LogP) is 3.74. The highest BCUT2D eigenvalue weighted by molar-refractivity contribution is 5.75. The molecule has 0 aliphatic carbocycles. The summed E-state index contributed by atoms with van der Waals surface area (Å²) >= 11 is 0. The zero-order valence-corrected chi connectivity index (χ0v) is 13.6. The maximum atomic E-state index is 11.7. The van der Waals surface area contributed by atoms with Crippen molar-refractivity contribution in [1.29, 1.82) is 0 Å². The van der Waals surface area contributed by atoms with E-state index < -0.39 is 11.4 Å². The van der Waals surface area contributed by atoms with E-state index in [2.05, 4.69) is 43.0 Å². The molecule has 0 spiro atoms. The molecule has 0 radical (unpaired) electrons. The second kappa shape index (κ2) is 6.18. The van der Waals surface area contributed by atoms with Crippen molar-refractivity contribution in [3.8, 4) is 0 Å². The number of carboxylic acids is 1. The summed E-state index contributed by atoms with van der Waals surface area (Å²) in [7, 11) is 0. The first-order chi connectivity index (χ1) is 9.85. The van der Waals surface area contributed by atoms with Gasteiger partial charge in [-0.3, -0.25) is 9.69 Å². The van der Waals surface area contributed by atoms with E-state index in [9.17, 15) is 9.90 Å². The van der Waals surface area contributed by atoms with Crippen molar-refractivity contribution >= 4 is 5.97 Å². The van der Waals surface area contributed by atoms with Gasteiger partial charge in [-0.25, -0.2) is 0 Å². The number of rotatable bonds is 5. The molecule has 1 aliphatic heterocycles. The lowest BCUT2D eigenvalue weighted by Gasteiger charge is -2.28. The molecular weight excluding hydrogens is 262 g/mol. The zero-order chi connectivity index (χ0) is 15.6. The van der Waals surface area contributed by atoms with Crippen LogP contribution in [0.15, 0.2) is 24.3 Å². The van der Waals surface area contributed by atoms with Crippen LogP contribution in [0.5, 0.6) is 0 Å². The van der Waals surface area contributed by atoms with Gasteiger partial charge in [0.25, 0.3) is 0 Å². The molecule has 0 bridgehead atoms. The maximum absolute atomic E-state index is 11.7. The molecule has 3 heteroatoms. The minimum atomic E-state index is -0.643. The van der Waals surface area contributed by atoms with E-state index in [1.54, 1.807) is 0 Å². The molecular formula is C18H27NO2. The molecule has 1 aliphatic rings. The summed E-state index contributed by atoms with van der Waals surface area (Å²) < 4.78 is 0. The van der Waals surface area contributed by atoms with Crippen LogP contribution in [0.1, 0.15) is 51.2 Å². The van der Waals surface area contributed by atoms with Gasteiger partial charge < -0.3 is 5.11 Å². The van der Waals surface area contributed by atoms with Gasteiger partial charge >= 0.3 is 5.97 Å². The standard InChI is InChI=1S/C18H27NO2/c1-13(2)16-7-5-15(6-8-16)11-19-10-9-18(12-19,14(3)4)17(20)21/h5-8,13-14H,9-12H2,1-4H3,(H,20,21). The van der Waals surface area contributed by atoms with Crippen LogP contribution in [-0.2, 0) is 11.3 Å². The molecule has 3 nitrogen and oxygen atoms in total. The number of nitrogens with zero attached hydrogens (tertiary/aromatic N) is 1. The average molecular weight is 289 g/mol. The molecule has 0 saturated carbocycles. The van der Waals surface area contributed by atoms with E-state index in [0.29, 0.717) is 12.5 Å². The van der Waals surface area contributed by atoms with Crippen LogP contribution in [0.3, 0.4) is 0 Å². The SMILES string of the molecule is CC(C)c1ccc(CN2CCC(C(=O)O)(C(C)C)C2)cc1. The van der Waals surface area contributed by atoms with Gasteiger partial charge in [0.2, 0.25) is 0 Å². The average Bonchev–Trinajstić information content (AvgIpc) is 2.85. The van der Waals surface area contributed by atoms with Crippen molar-refractivity contribution in [2.75, 3.05) is 13.1 Å². The molecule has 1 atom stereocenters. The van der Waals surface area contributed by atoms with Crippen LogP contribution in [-0.4, -0.2) is 29.1 Å². The van der Waals surface area contributed by atoms with Gasteiger partial charge in [-0.15, -0.1) is 0 Å². The molecule has 0 aromatic heterocycles. The largest absolute Gasteiger partial charge is 0.481 e. The lowest BCUT2D eigenvalue weighted by Crippen LogP contribution is -2.39. The van der Waals surface area contributed by atoms with E-state index in [1.807, 2.05) is 13.8 Å². The lowest BCUT2D eigenvalue weighted by atomic mass is 9.76. The number of likely N-dealkylation sites (tertiary alicyclic amines) is 1. The number of hydrogen-bond acceptors (Lipinski definition) is 2. The summed E-state index contributed by atoms with van der Waals surface area (Å²) in [4.78, 5) is 13.9. The van der Waals surface area contributed by atoms with Crippen LogP contribution in [0.2, 0.25) is 0 Å². The minimum Gasteiger partial charge on any atom is -0.481 e. The monoisotopic (exact) mass is 289 g/mol. The topological polar surface area (TPSA) is 40.5 Å². The summed E-state index contributed by atoms with van der Waals surface area (Å²) in [5, 5.41) is 9.59. The summed E-state index contributed by atoms with van der Waals surface area (Å²) in [5.74, 6) is 0.0740.